The highest BCUT2D eigenvalue weighted by atomic mass is 32.2. The van der Waals surface area contributed by atoms with Crippen molar-refractivity contribution in [2.24, 2.45) is 0 Å². The molecule has 0 saturated heterocycles. The summed E-state index contributed by atoms with van der Waals surface area (Å²) in [5, 5.41) is 4.10. The van der Waals surface area contributed by atoms with E-state index in [2.05, 4.69) is 29.4 Å². The van der Waals surface area contributed by atoms with Gasteiger partial charge in [-0.1, -0.05) is 67.2 Å². The minimum Gasteiger partial charge on any atom is -0.497 e. The van der Waals surface area contributed by atoms with Crippen molar-refractivity contribution in [1.82, 2.24) is 10.3 Å². The number of fused-ring (bicyclic) bond motifs is 1. The Kier molecular flexibility index (Phi) is 6.10. The largest absolute Gasteiger partial charge is 0.497 e. The normalized spacial score (nSPS) is 11.9. The highest BCUT2D eigenvalue weighted by Crippen LogP contribution is 2.37. The summed E-state index contributed by atoms with van der Waals surface area (Å²) in [6.07, 6.45) is 0. The zero-order valence-electron chi connectivity index (χ0n) is 17.0. The van der Waals surface area contributed by atoms with E-state index in [0.717, 1.165) is 26.4 Å². The Morgan fingerprint density at radius 3 is 2.43 bits per heavy atom. The summed E-state index contributed by atoms with van der Waals surface area (Å²) >= 11 is 1.59. The summed E-state index contributed by atoms with van der Waals surface area (Å²) in [6.45, 7) is 2.68. The van der Waals surface area contributed by atoms with Crippen LogP contribution >= 0.6 is 11.8 Å². The molecule has 3 aromatic carbocycles. The number of amides is 1. The van der Waals surface area contributed by atoms with Crippen molar-refractivity contribution in [2.45, 2.75) is 22.6 Å². The maximum Gasteiger partial charge on any atom is 0.268 e. The third kappa shape index (κ3) is 4.36. The van der Waals surface area contributed by atoms with Crippen molar-refractivity contribution in [1.29, 1.82) is 0 Å². The van der Waals surface area contributed by atoms with Gasteiger partial charge in [-0.15, -0.1) is 0 Å². The molecule has 4 nitrogen and oxygen atoms in total. The van der Waals surface area contributed by atoms with Gasteiger partial charge >= 0.3 is 0 Å². The van der Waals surface area contributed by atoms with Crippen LogP contribution in [0.1, 0.15) is 28.9 Å². The molecule has 1 heterocycles. The zero-order chi connectivity index (χ0) is 20.9. The molecule has 30 heavy (non-hydrogen) atoms. The number of hydrogen-bond acceptors (Lipinski definition) is 3. The van der Waals surface area contributed by atoms with Gasteiger partial charge < -0.3 is 15.0 Å². The van der Waals surface area contributed by atoms with E-state index in [1.165, 1.54) is 5.56 Å². The van der Waals surface area contributed by atoms with Gasteiger partial charge in [-0.25, -0.2) is 0 Å². The fourth-order valence-electron chi connectivity index (χ4n) is 3.38. The van der Waals surface area contributed by atoms with Crippen LogP contribution in [0.2, 0.25) is 0 Å². The molecule has 4 aromatic rings. The van der Waals surface area contributed by atoms with Crippen LogP contribution < -0.4 is 10.1 Å². The lowest BCUT2D eigenvalue weighted by atomic mass is 10.0. The molecule has 0 fully saturated rings. The molecule has 0 aliphatic heterocycles. The molecular formula is C25H24N2O2S. The second-order valence-electron chi connectivity index (χ2n) is 7.18. The number of ether oxygens (including phenoxy) is 1. The van der Waals surface area contributed by atoms with Crippen molar-refractivity contribution in [2.75, 3.05) is 13.7 Å². The van der Waals surface area contributed by atoms with Crippen molar-refractivity contribution >= 4 is 28.6 Å². The number of carbonyl (C=O) groups is 1. The van der Waals surface area contributed by atoms with Crippen LogP contribution in [0.3, 0.4) is 0 Å². The van der Waals surface area contributed by atoms with E-state index in [4.69, 9.17) is 4.74 Å². The number of methoxy groups -OCH3 is 1. The fourth-order valence-corrected chi connectivity index (χ4v) is 4.45. The Morgan fingerprint density at radius 1 is 1.03 bits per heavy atom. The zero-order valence-corrected chi connectivity index (χ0v) is 17.8. The molecule has 1 amide bonds. The molecule has 0 aliphatic rings. The molecular weight excluding hydrogens is 392 g/mol. The summed E-state index contributed by atoms with van der Waals surface area (Å²) in [4.78, 5) is 18.4. The van der Waals surface area contributed by atoms with Gasteiger partial charge in [-0.05, 0) is 35.7 Å². The van der Waals surface area contributed by atoms with Crippen LogP contribution in [-0.4, -0.2) is 24.5 Å². The molecule has 5 heteroatoms. The van der Waals surface area contributed by atoms with Gasteiger partial charge in [0.05, 0.1) is 17.5 Å². The van der Waals surface area contributed by atoms with E-state index < -0.39 is 0 Å². The number of aromatic amines is 1. The molecule has 0 bridgehead atoms. The maximum atomic E-state index is 13.1. The Bertz CT molecular complexity index is 1140. The van der Waals surface area contributed by atoms with Crippen molar-refractivity contribution in [3.63, 3.8) is 0 Å². The predicted octanol–water partition coefficient (Wildman–Crippen LogP) is 5.86. The van der Waals surface area contributed by atoms with Gasteiger partial charge in [0.25, 0.3) is 5.91 Å². The van der Waals surface area contributed by atoms with E-state index in [1.54, 1.807) is 18.9 Å². The third-order valence-electron chi connectivity index (χ3n) is 5.09. The summed E-state index contributed by atoms with van der Waals surface area (Å²) < 4.78 is 5.35. The summed E-state index contributed by atoms with van der Waals surface area (Å²) in [7, 11) is 1.64. The highest BCUT2D eigenvalue weighted by molar-refractivity contribution is 7.99. The first-order valence-corrected chi connectivity index (χ1v) is 10.7. The fraction of sp³-hybridized carbons (Fsp3) is 0.160. The van der Waals surface area contributed by atoms with E-state index in [-0.39, 0.29) is 11.8 Å². The first-order valence-electron chi connectivity index (χ1n) is 9.91. The molecule has 0 unspecified atom stereocenters. The van der Waals surface area contributed by atoms with Crippen LogP contribution in [0.5, 0.6) is 5.75 Å². The maximum absolute atomic E-state index is 13.1. The standard InChI is InChI=1S/C25H24N2O2S/c1-17(18-9-5-3-6-10-18)16-26-25(28)23-24(30-20-11-7-4-8-12-20)21-14-13-19(29-2)15-22(21)27-23/h3-15,17,27H,16H2,1-2H3,(H,26,28)/t17-/m1/s1. The number of hydrogen-bond donors (Lipinski definition) is 2. The Balaban J connectivity index is 1.62. The SMILES string of the molecule is COc1ccc2c(Sc3ccccc3)c(C(=O)NC[C@@H](C)c3ccccc3)[nH]c2c1. The average Bonchev–Trinajstić information content (AvgIpc) is 3.16. The molecule has 152 valence electrons. The molecule has 2 N–H and O–H groups in total. The van der Waals surface area contributed by atoms with Crippen LogP contribution in [0.25, 0.3) is 10.9 Å². The molecule has 1 aromatic heterocycles. The van der Waals surface area contributed by atoms with Crippen molar-refractivity contribution < 1.29 is 9.53 Å². The van der Waals surface area contributed by atoms with Crippen LogP contribution in [0, 0.1) is 0 Å². The predicted molar refractivity (Wildman–Crippen MR) is 123 cm³/mol. The molecule has 4 rings (SSSR count). The Hall–Kier alpha value is -3.18. The highest BCUT2D eigenvalue weighted by Gasteiger charge is 2.20. The van der Waals surface area contributed by atoms with Gasteiger partial charge in [0.15, 0.2) is 0 Å². The smallest absolute Gasteiger partial charge is 0.268 e. The quantitative estimate of drug-likeness (QED) is 0.397. The van der Waals surface area contributed by atoms with E-state index >= 15 is 0 Å². The lowest BCUT2D eigenvalue weighted by Crippen LogP contribution is -2.28. The summed E-state index contributed by atoms with van der Waals surface area (Å²) in [6, 6.07) is 26.1. The second kappa shape index (κ2) is 9.09. The molecule has 0 radical (unpaired) electrons. The minimum atomic E-state index is -0.105. The topological polar surface area (TPSA) is 54.1 Å². The van der Waals surface area contributed by atoms with Crippen molar-refractivity contribution in [3.05, 3.63) is 90.1 Å². The summed E-state index contributed by atoms with van der Waals surface area (Å²) in [5.74, 6) is 0.876. The molecule has 0 saturated carbocycles. The van der Waals surface area contributed by atoms with Crippen LogP contribution in [0.15, 0.2) is 88.7 Å². The number of nitrogens with one attached hydrogen (secondary N) is 2. The van der Waals surface area contributed by atoms with Crippen LogP contribution in [0.4, 0.5) is 0 Å². The van der Waals surface area contributed by atoms with Gasteiger partial charge in [0.1, 0.15) is 11.4 Å². The van der Waals surface area contributed by atoms with Gasteiger partial charge in [0.2, 0.25) is 0 Å². The molecule has 1 atom stereocenters. The lowest BCUT2D eigenvalue weighted by molar-refractivity contribution is 0.0944. The van der Waals surface area contributed by atoms with Crippen molar-refractivity contribution in [3.8, 4) is 5.75 Å². The molecule has 0 aliphatic carbocycles. The number of H-pyrrole nitrogens is 1. The summed E-state index contributed by atoms with van der Waals surface area (Å²) in [5.41, 5.74) is 2.67. The molecule has 0 spiro atoms. The van der Waals surface area contributed by atoms with E-state index in [1.807, 2.05) is 66.7 Å². The minimum absolute atomic E-state index is 0.105. The van der Waals surface area contributed by atoms with E-state index in [0.29, 0.717) is 12.2 Å². The monoisotopic (exact) mass is 416 g/mol. The second-order valence-corrected chi connectivity index (χ2v) is 8.26. The van der Waals surface area contributed by atoms with Gasteiger partial charge in [0, 0.05) is 22.9 Å². The Morgan fingerprint density at radius 2 is 1.73 bits per heavy atom. The Labute approximate surface area is 180 Å². The number of rotatable bonds is 7. The lowest BCUT2D eigenvalue weighted by Gasteiger charge is -2.13. The van der Waals surface area contributed by atoms with Gasteiger partial charge in [-0.3, -0.25) is 4.79 Å². The van der Waals surface area contributed by atoms with E-state index in [9.17, 15) is 4.79 Å². The number of benzene rings is 3. The number of aromatic nitrogens is 1. The van der Waals surface area contributed by atoms with Gasteiger partial charge in [-0.2, -0.15) is 0 Å². The average molecular weight is 417 g/mol. The van der Waals surface area contributed by atoms with Crippen LogP contribution in [-0.2, 0) is 0 Å². The first-order chi connectivity index (χ1) is 14.7. The first kappa shape index (κ1) is 20.1. The number of carbonyl (C=O) groups excluding carboxylic acids is 1. The third-order valence-corrected chi connectivity index (χ3v) is 6.22.